The highest BCUT2D eigenvalue weighted by Gasteiger charge is 2.19. The zero-order chi connectivity index (χ0) is 23.1. The van der Waals surface area contributed by atoms with E-state index < -0.39 is 0 Å². The molecule has 6 nitrogen and oxygen atoms in total. The number of aromatic nitrogens is 4. The first-order valence-corrected chi connectivity index (χ1v) is 13.6. The Morgan fingerprint density at radius 1 is 1.03 bits per heavy atom. The first kappa shape index (κ1) is 21.9. The van der Waals surface area contributed by atoms with E-state index in [0.29, 0.717) is 28.0 Å². The summed E-state index contributed by atoms with van der Waals surface area (Å²) < 4.78 is 6.38. The van der Waals surface area contributed by atoms with Crippen LogP contribution in [0.25, 0.3) is 33.2 Å². The quantitative estimate of drug-likeness (QED) is 0.266. The van der Waals surface area contributed by atoms with E-state index in [2.05, 4.69) is 56.7 Å². The van der Waals surface area contributed by atoms with Crippen molar-refractivity contribution in [1.82, 2.24) is 18.9 Å². The van der Waals surface area contributed by atoms with Crippen LogP contribution in [-0.4, -0.2) is 32.3 Å². The molecule has 0 aliphatic carbocycles. The van der Waals surface area contributed by atoms with Crippen molar-refractivity contribution in [3.05, 3.63) is 77.7 Å². The zero-order valence-electron chi connectivity index (χ0n) is 18.3. The van der Waals surface area contributed by atoms with Gasteiger partial charge in [0.05, 0.1) is 57.8 Å². The highest BCUT2D eigenvalue weighted by atomic mass is 35.5. The lowest BCUT2D eigenvalue weighted by Gasteiger charge is -2.22. The van der Waals surface area contributed by atoms with Gasteiger partial charge in [-0.15, -0.1) is 0 Å². The number of rotatable bonds is 5. The number of hydrogen-bond donors (Lipinski definition) is 0. The Balaban J connectivity index is 1.80. The molecule has 5 aromatic rings. The molecule has 0 saturated heterocycles. The molecule has 5 rings (SSSR count). The first-order chi connectivity index (χ1) is 16.0. The molecule has 33 heavy (non-hydrogen) atoms. The Morgan fingerprint density at radius 3 is 2.61 bits per heavy atom. The smallest absolute Gasteiger partial charge is 0.0994 e. The van der Waals surface area contributed by atoms with Gasteiger partial charge in [0.2, 0.25) is 0 Å². The summed E-state index contributed by atoms with van der Waals surface area (Å²) in [6.07, 6.45) is 11.4. The van der Waals surface area contributed by atoms with Gasteiger partial charge >= 0.3 is 0 Å². The molecule has 2 atom stereocenters. The van der Waals surface area contributed by atoms with Gasteiger partial charge in [0.1, 0.15) is 0 Å². The SMILES string of the molecule is CPN(PC)c1cncc(-c2cn(-c3ccc4cncn4c3)c3cc(C)c(C#N)cc23)c1Cl. The van der Waals surface area contributed by atoms with E-state index in [4.69, 9.17) is 11.6 Å². The van der Waals surface area contributed by atoms with E-state index in [1.165, 1.54) is 0 Å². The van der Waals surface area contributed by atoms with Crippen LogP contribution in [0.15, 0.2) is 61.6 Å². The van der Waals surface area contributed by atoms with E-state index in [-0.39, 0.29) is 0 Å². The summed E-state index contributed by atoms with van der Waals surface area (Å²) in [4.78, 5) is 8.75. The summed E-state index contributed by atoms with van der Waals surface area (Å²) in [5.41, 5.74) is 7.35. The molecule has 0 aliphatic rings. The summed E-state index contributed by atoms with van der Waals surface area (Å²) in [6, 6.07) is 10.5. The van der Waals surface area contributed by atoms with Crippen molar-refractivity contribution in [2.45, 2.75) is 6.92 Å². The Kier molecular flexibility index (Phi) is 5.81. The molecule has 9 heteroatoms. The molecule has 0 spiro atoms. The van der Waals surface area contributed by atoms with Gasteiger partial charge in [-0.2, -0.15) is 5.26 Å². The number of imidazole rings is 1. The van der Waals surface area contributed by atoms with Crippen LogP contribution < -0.4 is 4.44 Å². The van der Waals surface area contributed by atoms with Gasteiger partial charge in [-0.3, -0.25) is 4.98 Å². The van der Waals surface area contributed by atoms with Gasteiger partial charge in [-0.05, 0) is 67.5 Å². The molecular weight excluding hydrogens is 470 g/mol. The van der Waals surface area contributed by atoms with E-state index in [0.717, 1.165) is 44.5 Å². The third-order valence-electron chi connectivity index (χ3n) is 5.78. The molecule has 0 bridgehead atoms. The van der Waals surface area contributed by atoms with Gasteiger partial charge in [0.25, 0.3) is 0 Å². The minimum absolute atomic E-state index is 0.595. The van der Waals surface area contributed by atoms with Crippen molar-refractivity contribution in [2.75, 3.05) is 17.8 Å². The fourth-order valence-electron chi connectivity index (χ4n) is 4.11. The third kappa shape index (κ3) is 3.67. The molecular formula is C24H21ClN6P2. The molecule has 0 aliphatic heterocycles. The summed E-state index contributed by atoms with van der Waals surface area (Å²) in [7, 11) is 1.19. The van der Waals surface area contributed by atoms with Gasteiger partial charge in [0, 0.05) is 35.1 Å². The van der Waals surface area contributed by atoms with Crippen LogP contribution in [-0.2, 0) is 0 Å². The summed E-state index contributed by atoms with van der Waals surface area (Å²) in [6.45, 7) is 6.24. The molecule has 0 fully saturated rings. The lowest BCUT2D eigenvalue weighted by molar-refractivity contribution is 1.06. The highest BCUT2D eigenvalue weighted by Crippen LogP contribution is 2.45. The molecule has 2 unspecified atom stereocenters. The number of benzene rings is 1. The number of aryl methyl sites for hydroxylation is 1. The lowest BCUT2D eigenvalue weighted by Crippen LogP contribution is -2.00. The minimum Gasteiger partial charge on any atom is -0.333 e. The number of nitrogens with zero attached hydrogens (tertiary/aromatic N) is 6. The minimum atomic E-state index is 0.595. The summed E-state index contributed by atoms with van der Waals surface area (Å²) in [5, 5.41) is 11.3. The maximum Gasteiger partial charge on any atom is 0.0994 e. The lowest BCUT2D eigenvalue weighted by atomic mass is 10.0. The molecule has 4 aromatic heterocycles. The van der Waals surface area contributed by atoms with E-state index in [1.54, 1.807) is 6.33 Å². The summed E-state index contributed by atoms with van der Waals surface area (Å²) in [5.74, 6) is 0. The molecule has 0 amide bonds. The molecule has 1 aromatic carbocycles. The summed E-state index contributed by atoms with van der Waals surface area (Å²) >= 11 is 6.96. The molecule has 0 saturated carbocycles. The maximum absolute atomic E-state index is 9.68. The van der Waals surface area contributed by atoms with Crippen molar-refractivity contribution in [2.24, 2.45) is 0 Å². The Morgan fingerprint density at radius 2 is 1.85 bits per heavy atom. The average molecular weight is 491 g/mol. The van der Waals surface area contributed by atoms with E-state index >= 15 is 0 Å². The maximum atomic E-state index is 9.68. The van der Waals surface area contributed by atoms with Crippen LogP contribution in [0, 0.1) is 18.3 Å². The monoisotopic (exact) mass is 490 g/mol. The average Bonchev–Trinajstić information content (AvgIpc) is 3.44. The predicted octanol–water partition coefficient (Wildman–Crippen LogP) is 6.43. The van der Waals surface area contributed by atoms with Gasteiger partial charge in [-0.25, -0.2) is 4.98 Å². The third-order valence-corrected chi connectivity index (χ3v) is 8.90. The van der Waals surface area contributed by atoms with Crippen LogP contribution >= 0.6 is 29.1 Å². The molecule has 0 N–H and O–H groups in total. The van der Waals surface area contributed by atoms with Crippen LogP contribution in [0.3, 0.4) is 0 Å². The van der Waals surface area contributed by atoms with Crippen molar-refractivity contribution >= 4 is 51.2 Å². The number of hydrogen-bond acceptors (Lipinski definition) is 4. The Hall–Kier alpha value is -2.96. The number of nitriles is 1. The topological polar surface area (TPSA) is 62.1 Å². The van der Waals surface area contributed by atoms with Crippen molar-refractivity contribution in [3.8, 4) is 22.9 Å². The van der Waals surface area contributed by atoms with Crippen molar-refractivity contribution < 1.29 is 0 Å². The van der Waals surface area contributed by atoms with Crippen LogP contribution in [0.4, 0.5) is 5.69 Å². The van der Waals surface area contributed by atoms with Crippen LogP contribution in [0.1, 0.15) is 11.1 Å². The van der Waals surface area contributed by atoms with Gasteiger partial charge < -0.3 is 13.4 Å². The fourth-order valence-corrected chi connectivity index (χ4v) is 6.25. The second-order valence-corrected chi connectivity index (χ2v) is 10.2. The second-order valence-electron chi connectivity index (χ2n) is 7.62. The fraction of sp³-hybridized carbons (Fsp3) is 0.125. The van der Waals surface area contributed by atoms with Gasteiger partial charge in [-0.1, -0.05) is 11.6 Å². The van der Waals surface area contributed by atoms with E-state index in [1.807, 2.05) is 48.2 Å². The highest BCUT2D eigenvalue weighted by molar-refractivity contribution is 7.58. The largest absolute Gasteiger partial charge is 0.333 e. The Labute approximate surface area is 200 Å². The molecule has 4 heterocycles. The van der Waals surface area contributed by atoms with Crippen molar-refractivity contribution in [3.63, 3.8) is 0 Å². The van der Waals surface area contributed by atoms with Crippen LogP contribution in [0.5, 0.6) is 0 Å². The standard InChI is InChI=1S/C24H21ClN6P2/c1-15-6-22-19(7-16(15)8-26)21(20-10-27-11-23(24(20)25)31(32-2)33-3)13-30(22)18-5-4-17-9-28-14-29(17)12-18/h4-7,9-14,32-33H,1-3H3. The van der Waals surface area contributed by atoms with E-state index in [9.17, 15) is 5.26 Å². The molecule has 164 valence electrons. The first-order valence-electron chi connectivity index (χ1n) is 10.3. The molecule has 0 radical (unpaired) electrons. The number of halogens is 1. The predicted molar refractivity (Wildman–Crippen MR) is 141 cm³/mol. The number of anilines is 1. The van der Waals surface area contributed by atoms with Crippen molar-refractivity contribution in [1.29, 1.82) is 5.26 Å². The second kappa shape index (κ2) is 8.76. The van der Waals surface area contributed by atoms with Crippen LogP contribution in [0.2, 0.25) is 5.02 Å². The Bertz CT molecular complexity index is 1540. The zero-order valence-corrected chi connectivity index (χ0v) is 21.1. The number of fused-ring (bicyclic) bond motifs is 2. The van der Waals surface area contributed by atoms with Gasteiger partial charge in [0.15, 0.2) is 0 Å². The number of pyridine rings is 2. The normalized spacial score (nSPS) is 12.0.